The van der Waals surface area contributed by atoms with Crippen LogP contribution in [0, 0.1) is 0 Å². The first-order valence-corrected chi connectivity index (χ1v) is 11.8. The van der Waals surface area contributed by atoms with Gasteiger partial charge in [0.1, 0.15) is 11.5 Å². The fourth-order valence-electron chi connectivity index (χ4n) is 4.24. The van der Waals surface area contributed by atoms with Crippen LogP contribution in [0.2, 0.25) is 0 Å². The van der Waals surface area contributed by atoms with E-state index in [2.05, 4.69) is 25.1 Å². The van der Waals surface area contributed by atoms with Crippen LogP contribution in [-0.4, -0.2) is 10.2 Å². The van der Waals surface area contributed by atoms with Gasteiger partial charge in [0.15, 0.2) is 0 Å². The van der Waals surface area contributed by atoms with Gasteiger partial charge in [0.2, 0.25) is 0 Å². The number of aromatic hydroxyl groups is 2. The van der Waals surface area contributed by atoms with E-state index in [4.69, 9.17) is 0 Å². The fraction of sp³-hybridized carbons (Fsp3) is 0.556. The summed E-state index contributed by atoms with van der Waals surface area (Å²) in [6.07, 6.45) is 16.2. The Morgan fingerprint density at radius 2 is 1.34 bits per heavy atom. The third-order valence-electron chi connectivity index (χ3n) is 5.96. The molecule has 2 N–H and O–H groups in total. The maximum Gasteiger partial charge on any atom is 0.119 e. The molecular weight excluding hydrogens is 356 g/mol. The van der Waals surface area contributed by atoms with E-state index in [1.54, 1.807) is 6.07 Å². The molecule has 160 valence electrons. The summed E-state index contributed by atoms with van der Waals surface area (Å²) in [6, 6.07) is 15.5. The van der Waals surface area contributed by atoms with Gasteiger partial charge in [0.25, 0.3) is 0 Å². The average molecular weight is 397 g/mol. The maximum absolute atomic E-state index is 10.3. The minimum atomic E-state index is 0.368. The van der Waals surface area contributed by atoms with Crippen molar-refractivity contribution in [1.29, 1.82) is 0 Å². The lowest BCUT2D eigenvalue weighted by atomic mass is 9.87. The number of hydrogen-bond donors (Lipinski definition) is 2. The minimum absolute atomic E-state index is 0.368. The van der Waals surface area contributed by atoms with Gasteiger partial charge in [-0.05, 0) is 60.9 Å². The van der Waals surface area contributed by atoms with Crippen LogP contribution in [0.1, 0.15) is 101 Å². The minimum Gasteiger partial charge on any atom is -0.508 e. The van der Waals surface area contributed by atoms with E-state index in [-0.39, 0.29) is 0 Å². The second-order valence-electron chi connectivity index (χ2n) is 8.43. The van der Waals surface area contributed by atoms with Crippen molar-refractivity contribution in [3.05, 3.63) is 59.7 Å². The lowest BCUT2D eigenvalue weighted by Gasteiger charge is -2.18. The van der Waals surface area contributed by atoms with Crippen LogP contribution in [0.25, 0.3) is 0 Å². The highest BCUT2D eigenvalue weighted by molar-refractivity contribution is 5.34. The second kappa shape index (κ2) is 14.1. The lowest BCUT2D eigenvalue weighted by Crippen LogP contribution is -2.00. The van der Waals surface area contributed by atoms with Crippen LogP contribution in [-0.2, 0) is 6.42 Å². The number of aryl methyl sites for hydroxylation is 1. The summed E-state index contributed by atoms with van der Waals surface area (Å²) < 4.78 is 0. The van der Waals surface area contributed by atoms with Gasteiger partial charge in [0.05, 0.1) is 0 Å². The van der Waals surface area contributed by atoms with E-state index in [9.17, 15) is 10.2 Å². The third kappa shape index (κ3) is 9.39. The normalized spacial score (nSPS) is 12.2. The van der Waals surface area contributed by atoms with Gasteiger partial charge in [-0.15, -0.1) is 0 Å². The van der Waals surface area contributed by atoms with E-state index < -0.39 is 0 Å². The van der Waals surface area contributed by atoms with Crippen molar-refractivity contribution >= 4 is 0 Å². The largest absolute Gasteiger partial charge is 0.508 e. The molecule has 0 fully saturated rings. The molecular formula is C27H40O2. The summed E-state index contributed by atoms with van der Waals surface area (Å²) in [4.78, 5) is 0. The molecule has 0 aromatic heterocycles. The molecule has 2 rings (SSSR count). The maximum atomic E-state index is 10.3. The Hall–Kier alpha value is -1.96. The molecule has 1 unspecified atom stereocenters. The van der Waals surface area contributed by atoms with Crippen molar-refractivity contribution in [2.75, 3.05) is 0 Å². The van der Waals surface area contributed by atoms with Gasteiger partial charge >= 0.3 is 0 Å². The summed E-state index contributed by atoms with van der Waals surface area (Å²) in [5.74, 6) is 1.33. The molecule has 29 heavy (non-hydrogen) atoms. The van der Waals surface area contributed by atoms with Gasteiger partial charge in [-0.2, -0.15) is 0 Å². The molecule has 0 radical (unpaired) electrons. The zero-order valence-electron chi connectivity index (χ0n) is 18.3. The number of phenols is 2. The van der Waals surface area contributed by atoms with E-state index in [0.29, 0.717) is 17.4 Å². The number of hydrogen-bond acceptors (Lipinski definition) is 2. The van der Waals surface area contributed by atoms with E-state index >= 15 is 0 Å². The van der Waals surface area contributed by atoms with Crippen molar-refractivity contribution in [3.8, 4) is 11.5 Å². The second-order valence-corrected chi connectivity index (χ2v) is 8.43. The Bertz CT molecular complexity index is 680. The Kier molecular flexibility index (Phi) is 11.3. The smallest absolute Gasteiger partial charge is 0.119 e. The van der Waals surface area contributed by atoms with E-state index in [1.807, 2.05) is 24.3 Å². The molecule has 2 aromatic carbocycles. The van der Waals surface area contributed by atoms with Gasteiger partial charge in [0, 0.05) is 0 Å². The molecule has 0 amide bonds. The summed E-state index contributed by atoms with van der Waals surface area (Å²) in [5.41, 5.74) is 2.37. The van der Waals surface area contributed by atoms with Crippen LogP contribution in [0.3, 0.4) is 0 Å². The molecule has 0 bridgehead atoms. The Morgan fingerprint density at radius 3 is 2.03 bits per heavy atom. The molecule has 1 atom stereocenters. The van der Waals surface area contributed by atoms with Crippen LogP contribution in [0.5, 0.6) is 11.5 Å². The Morgan fingerprint density at radius 1 is 0.690 bits per heavy atom. The zero-order chi connectivity index (χ0) is 20.7. The SMILES string of the molecule is CCCCCCCC(CCCCCCCc1cccc(O)c1)c1ccccc1O. The first-order chi connectivity index (χ1) is 14.2. The molecule has 0 aliphatic carbocycles. The molecule has 0 saturated heterocycles. The van der Waals surface area contributed by atoms with Gasteiger partial charge in [-0.3, -0.25) is 0 Å². The van der Waals surface area contributed by atoms with Crippen LogP contribution >= 0.6 is 0 Å². The predicted octanol–water partition coefficient (Wildman–Crippen LogP) is 8.13. The number of para-hydroxylation sites is 1. The highest BCUT2D eigenvalue weighted by Gasteiger charge is 2.14. The molecule has 2 aromatic rings. The first kappa shape index (κ1) is 23.3. The van der Waals surface area contributed by atoms with Crippen molar-refractivity contribution in [3.63, 3.8) is 0 Å². The van der Waals surface area contributed by atoms with Gasteiger partial charge in [-0.25, -0.2) is 0 Å². The predicted molar refractivity (Wildman–Crippen MR) is 124 cm³/mol. The fourth-order valence-corrected chi connectivity index (χ4v) is 4.24. The molecule has 2 nitrogen and oxygen atoms in total. The third-order valence-corrected chi connectivity index (χ3v) is 5.96. The van der Waals surface area contributed by atoms with E-state index in [1.165, 1.54) is 82.6 Å². The van der Waals surface area contributed by atoms with Crippen molar-refractivity contribution < 1.29 is 10.2 Å². The zero-order valence-corrected chi connectivity index (χ0v) is 18.3. The monoisotopic (exact) mass is 396 g/mol. The molecule has 0 heterocycles. The average Bonchev–Trinajstić information content (AvgIpc) is 2.72. The number of rotatable bonds is 15. The van der Waals surface area contributed by atoms with Gasteiger partial charge < -0.3 is 10.2 Å². The van der Waals surface area contributed by atoms with Crippen LogP contribution in [0.15, 0.2) is 48.5 Å². The summed E-state index contributed by atoms with van der Waals surface area (Å²) >= 11 is 0. The molecule has 0 aliphatic heterocycles. The first-order valence-electron chi connectivity index (χ1n) is 11.8. The highest BCUT2D eigenvalue weighted by atomic mass is 16.3. The highest BCUT2D eigenvalue weighted by Crippen LogP contribution is 2.34. The summed E-state index contributed by atoms with van der Waals surface area (Å²) in [5, 5.41) is 19.8. The molecule has 0 saturated carbocycles. The number of benzene rings is 2. The van der Waals surface area contributed by atoms with Crippen molar-refractivity contribution in [2.24, 2.45) is 0 Å². The Balaban J connectivity index is 1.68. The quantitative estimate of drug-likeness (QED) is 0.298. The topological polar surface area (TPSA) is 40.5 Å². The van der Waals surface area contributed by atoms with Gasteiger partial charge in [-0.1, -0.05) is 95.0 Å². The van der Waals surface area contributed by atoms with Crippen LogP contribution in [0.4, 0.5) is 0 Å². The van der Waals surface area contributed by atoms with E-state index in [0.717, 1.165) is 12.0 Å². The van der Waals surface area contributed by atoms with Crippen molar-refractivity contribution in [2.45, 2.75) is 96.3 Å². The molecule has 0 aliphatic rings. The number of unbranched alkanes of at least 4 members (excludes halogenated alkanes) is 8. The Labute approximate surface area is 178 Å². The van der Waals surface area contributed by atoms with Crippen LogP contribution < -0.4 is 0 Å². The lowest BCUT2D eigenvalue weighted by molar-refractivity contribution is 0.439. The summed E-state index contributed by atoms with van der Waals surface area (Å²) in [6.45, 7) is 2.26. The van der Waals surface area contributed by atoms with Crippen molar-refractivity contribution in [1.82, 2.24) is 0 Å². The standard InChI is InChI=1S/C27H40O2/c1-2-3-4-6-10-17-24(26-20-12-13-21-27(26)29)18-11-8-5-7-9-15-23-16-14-19-25(28)22-23/h12-14,16,19-22,24,28-29H,2-11,15,17-18H2,1H3. The number of phenolic OH excluding ortho intramolecular Hbond substituents is 2. The summed E-state index contributed by atoms with van der Waals surface area (Å²) in [7, 11) is 0. The molecule has 2 heteroatoms. The molecule has 0 spiro atoms.